The highest BCUT2D eigenvalue weighted by Gasteiger charge is 2.36. The predicted octanol–water partition coefficient (Wildman–Crippen LogP) is 1.41. The van der Waals surface area contributed by atoms with Gasteiger partial charge in [0.05, 0.1) is 10.9 Å². The first-order chi connectivity index (χ1) is 9.33. The number of carbonyl (C=O) groups is 1. The highest BCUT2D eigenvalue weighted by Crippen LogP contribution is 2.29. The fraction of sp³-hybridized carbons (Fsp3) is 0.417. The van der Waals surface area contributed by atoms with Crippen LogP contribution in [0.15, 0.2) is 23.1 Å². The summed E-state index contributed by atoms with van der Waals surface area (Å²) in [6, 6.07) is 3.01. The Morgan fingerprint density at radius 1 is 1.40 bits per heavy atom. The van der Waals surface area contributed by atoms with Crippen LogP contribution in [-0.2, 0) is 14.8 Å². The molecule has 1 amide bonds. The first-order valence-electron chi connectivity index (χ1n) is 6.08. The maximum absolute atomic E-state index is 13.7. The zero-order chi connectivity index (χ0) is 14.9. The molecule has 1 saturated carbocycles. The number of carbonyl (C=O) groups excluding carboxylic acids is 1. The fourth-order valence-corrected chi connectivity index (χ4v) is 4.35. The van der Waals surface area contributed by atoms with Crippen LogP contribution in [0.4, 0.5) is 4.39 Å². The van der Waals surface area contributed by atoms with Crippen molar-refractivity contribution in [3.05, 3.63) is 29.0 Å². The van der Waals surface area contributed by atoms with E-state index in [0.717, 1.165) is 6.07 Å². The Morgan fingerprint density at radius 3 is 2.70 bits per heavy atom. The molecular formula is C12H14ClFN2O3S. The summed E-state index contributed by atoms with van der Waals surface area (Å²) in [5.41, 5.74) is 5.23. The zero-order valence-electron chi connectivity index (χ0n) is 10.5. The Balaban J connectivity index is 2.30. The van der Waals surface area contributed by atoms with E-state index >= 15 is 0 Å². The minimum Gasteiger partial charge on any atom is -0.369 e. The number of halogens is 2. The molecule has 0 saturated heterocycles. The van der Waals surface area contributed by atoms with Crippen LogP contribution in [0.25, 0.3) is 0 Å². The molecule has 8 heteroatoms. The van der Waals surface area contributed by atoms with Gasteiger partial charge in [0, 0.05) is 6.04 Å². The Kier molecular flexibility index (Phi) is 4.31. The standard InChI is InChI=1S/C12H14ClFN2O3S/c13-8-4-2-5-9(14)11(8)20(18,19)16-10-6-1-3-7(10)12(15)17/h2,4-5,7,10,16H,1,3,6H2,(H2,15,17)/t7-,10-/m1/s1. The van der Waals surface area contributed by atoms with Crippen LogP contribution >= 0.6 is 11.6 Å². The summed E-state index contributed by atoms with van der Waals surface area (Å²) < 4.78 is 40.4. The Hall–Kier alpha value is -1.18. The van der Waals surface area contributed by atoms with Crippen molar-refractivity contribution in [1.29, 1.82) is 0 Å². The van der Waals surface area contributed by atoms with Crippen molar-refractivity contribution in [3.63, 3.8) is 0 Å². The molecule has 2 atom stereocenters. The first-order valence-corrected chi connectivity index (χ1v) is 7.94. The van der Waals surface area contributed by atoms with E-state index in [1.165, 1.54) is 12.1 Å². The summed E-state index contributed by atoms with van der Waals surface area (Å²) in [5, 5.41) is -0.203. The number of benzene rings is 1. The second-order valence-electron chi connectivity index (χ2n) is 4.72. The van der Waals surface area contributed by atoms with Gasteiger partial charge in [-0.15, -0.1) is 0 Å². The number of nitrogens with one attached hydrogen (secondary N) is 1. The maximum Gasteiger partial charge on any atom is 0.245 e. The van der Waals surface area contributed by atoms with Gasteiger partial charge in [-0.2, -0.15) is 0 Å². The lowest BCUT2D eigenvalue weighted by Crippen LogP contribution is -2.42. The second kappa shape index (κ2) is 5.67. The van der Waals surface area contributed by atoms with Crippen LogP contribution in [0.5, 0.6) is 0 Å². The van der Waals surface area contributed by atoms with Gasteiger partial charge < -0.3 is 5.73 Å². The van der Waals surface area contributed by atoms with E-state index in [-0.39, 0.29) is 5.02 Å². The highest BCUT2D eigenvalue weighted by molar-refractivity contribution is 7.89. The van der Waals surface area contributed by atoms with Crippen LogP contribution < -0.4 is 10.5 Å². The van der Waals surface area contributed by atoms with E-state index in [0.29, 0.717) is 19.3 Å². The Bertz CT molecular complexity index is 615. The molecule has 0 aliphatic heterocycles. The van der Waals surface area contributed by atoms with Crippen molar-refractivity contribution in [2.24, 2.45) is 11.7 Å². The monoisotopic (exact) mass is 320 g/mol. The lowest BCUT2D eigenvalue weighted by atomic mass is 10.0. The van der Waals surface area contributed by atoms with Crippen molar-refractivity contribution < 1.29 is 17.6 Å². The van der Waals surface area contributed by atoms with Gasteiger partial charge in [-0.25, -0.2) is 17.5 Å². The zero-order valence-corrected chi connectivity index (χ0v) is 12.0. The molecule has 20 heavy (non-hydrogen) atoms. The Labute approximate surface area is 121 Å². The molecule has 0 aromatic heterocycles. The normalized spacial score (nSPS) is 22.9. The first kappa shape index (κ1) is 15.2. The summed E-state index contributed by atoms with van der Waals surface area (Å²) in [7, 11) is -4.14. The summed E-state index contributed by atoms with van der Waals surface area (Å²) in [6.07, 6.45) is 1.69. The molecule has 2 rings (SSSR count). The van der Waals surface area contributed by atoms with Gasteiger partial charge in [0.1, 0.15) is 10.7 Å². The molecular weight excluding hydrogens is 307 g/mol. The molecule has 110 valence electrons. The molecule has 0 bridgehead atoms. The maximum atomic E-state index is 13.7. The van der Waals surface area contributed by atoms with E-state index in [9.17, 15) is 17.6 Å². The van der Waals surface area contributed by atoms with Crippen molar-refractivity contribution in [1.82, 2.24) is 4.72 Å². The smallest absolute Gasteiger partial charge is 0.245 e. The SMILES string of the molecule is NC(=O)[C@@H]1CCC[C@H]1NS(=O)(=O)c1c(F)cccc1Cl. The number of hydrogen-bond acceptors (Lipinski definition) is 3. The molecule has 1 aromatic carbocycles. The van der Waals surface area contributed by atoms with Gasteiger partial charge in [-0.3, -0.25) is 4.79 Å². The van der Waals surface area contributed by atoms with Crippen LogP contribution in [0, 0.1) is 11.7 Å². The molecule has 0 spiro atoms. The summed E-state index contributed by atoms with van der Waals surface area (Å²) >= 11 is 5.75. The van der Waals surface area contributed by atoms with Gasteiger partial charge in [0.15, 0.2) is 0 Å². The number of primary amides is 1. The van der Waals surface area contributed by atoms with E-state index in [2.05, 4.69) is 4.72 Å². The van der Waals surface area contributed by atoms with Gasteiger partial charge >= 0.3 is 0 Å². The van der Waals surface area contributed by atoms with Gasteiger partial charge in [0.2, 0.25) is 15.9 Å². The van der Waals surface area contributed by atoms with Crippen molar-refractivity contribution in [2.45, 2.75) is 30.2 Å². The third-order valence-corrected chi connectivity index (χ3v) is 5.37. The highest BCUT2D eigenvalue weighted by atomic mass is 35.5. The number of hydrogen-bond donors (Lipinski definition) is 2. The number of nitrogens with two attached hydrogens (primary N) is 1. The molecule has 1 aliphatic carbocycles. The molecule has 5 nitrogen and oxygen atoms in total. The average molecular weight is 321 g/mol. The average Bonchev–Trinajstić information content (AvgIpc) is 2.75. The van der Waals surface area contributed by atoms with Gasteiger partial charge in [-0.1, -0.05) is 24.1 Å². The minimum atomic E-state index is -4.14. The second-order valence-corrected chi connectivity index (χ2v) is 6.78. The summed E-state index contributed by atoms with van der Waals surface area (Å²) in [5.74, 6) is -2.07. The van der Waals surface area contributed by atoms with E-state index in [1.54, 1.807) is 0 Å². The van der Waals surface area contributed by atoms with E-state index in [4.69, 9.17) is 17.3 Å². The van der Waals surface area contributed by atoms with E-state index in [1.807, 2.05) is 0 Å². The van der Waals surface area contributed by atoms with Crippen molar-refractivity contribution >= 4 is 27.5 Å². The van der Waals surface area contributed by atoms with Crippen LogP contribution in [0.2, 0.25) is 5.02 Å². The summed E-state index contributed by atoms with van der Waals surface area (Å²) in [6.45, 7) is 0. The predicted molar refractivity (Wildman–Crippen MR) is 72.1 cm³/mol. The van der Waals surface area contributed by atoms with Crippen molar-refractivity contribution in [2.75, 3.05) is 0 Å². The molecule has 0 heterocycles. The fourth-order valence-electron chi connectivity index (χ4n) is 2.44. The van der Waals surface area contributed by atoms with Crippen LogP contribution in [0.3, 0.4) is 0 Å². The third kappa shape index (κ3) is 2.94. The third-order valence-electron chi connectivity index (χ3n) is 3.38. The minimum absolute atomic E-state index is 0.203. The van der Waals surface area contributed by atoms with Gasteiger partial charge in [0.25, 0.3) is 0 Å². The van der Waals surface area contributed by atoms with Crippen LogP contribution in [-0.4, -0.2) is 20.4 Å². The quantitative estimate of drug-likeness (QED) is 0.879. The lowest BCUT2D eigenvalue weighted by Gasteiger charge is -2.19. The lowest BCUT2D eigenvalue weighted by molar-refractivity contribution is -0.122. The number of rotatable bonds is 4. The largest absolute Gasteiger partial charge is 0.369 e. The van der Waals surface area contributed by atoms with E-state index < -0.39 is 38.6 Å². The molecule has 0 radical (unpaired) electrons. The number of amides is 1. The molecule has 1 aromatic rings. The summed E-state index contributed by atoms with van der Waals surface area (Å²) in [4.78, 5) is 10.7. The van der Waals surface area contributed by atoms with Crippen molar-refractivity contribution in [3.8, 4) is 0 Å². The number of sulfonamides is 1. The molecule has 3 N–H and O–H groups in total. The topological polar surface area (TPSA) is 89.3 Å². The van der Waals surface area contributed by atoms with Gasteiger partial charge in [-0.05, 0) is 25.0 Å². The Morgan fingerprint density at radius 2 is 2.10 bits per heavy atom. The molecule has 0 unspecified atom stereocenters. The molecule has 1 aliphatic rings. The molecule has 1 fully saturated rings. The van der Waals surface area contributed by atoms with Crippen LogP contribution in [0.1, 0.15) is 19.3 Å².